The molecule has 82 valence electrons. The summed E-state index contributed by atoms with van der Waals surface area (Å²) in [6, 6.07) is 7.64. The van der Waals surface area contributed by atoms with Crippen molar-refractivity contribution in [3.8, 4) is 12.1 Å². The molecular weight excluding hydrogens is 204 g/mol. The van der Waals surface area contributed by atoms with Crippen LogP contribution in [-0.4, -0.2) is 23.0 Å². The normalized spacial score (nSPS) is 9.50. The molecule has 0 saturated heterocycles. The number of anilines is 1. The van der Waals surface area contributed by atoms with E-state index in [-0.39, 0.29) is 13.1 Å². The predicted octanol–water partition coefficient (Wildman–Crippen LogP) is 0.216. The van der Waals surface area contributed by atoms with Crippen molar-refractivity contribution in [2.24, 2.45) is 5.84 Å². The molecule has 0 bridgehead atoms. The fraction of sp³-hybridized carbons (Fsp3) is 0.300. The Balaban J connectivity index is 2.70. The summed E-state index contributed by atoms with van der Waals surface area (Å²) in [6.07, 6.45) is 1.63. The van der Waals surface area contributed by atoms with Gasteiger partial charge in [0.05, 0.1) is 25.2 Å². The van der Waals surface area contributed by atoms with Gasteiger partial charge in [0.2, 0.25) is 0 Å². The van der Waals surface area contributed by atoms with Crippen LogP contribution in [0.5, 0.6) is 0 Å². The second-order valence-corrected chi connectivity index (χ2v) is 3.16. The molecule has 0 fully saturated rings. The van der Waals surface area contributed by atoms with Gasteiger partial charge in [-0.15, -0.1) is 0 Å². The number of aromatic nitrogens is 1. The van der Waals surface area contributed by atoms with Crippen LogP contribution in [0.3, 0.4) is 0 Å². The third kappa shape index (κ3) is 3.54. The number of hydrogen-bond donors (Lipinski definition) is 2. The molecule has 0 atom stereocenters. The molecule has 0 aliphatic carbocycles. The second kappa shape index (κ2) is 6.36. The average molecular weight is 216 g/mol. The Labute approximate surface area is 93.9 Å². The first-order chi connectivity index (χ1) is 7.80. The largest absolute Gasteiger partial charge is 0.308 e. The maximum Gasteiger partial charge on any atom is 0.140 e. The number of nitrogen functional groups attached to an aromatic ring is 1. The van der Waals surface area contributed by atoms with Crippen LogP contribution in [0.2, 0.25) is 0 Å². The zero-order valence-electron chi connectivity index (χ0n) is 8.72. The van der Waals surface area contributed by atoms with Crippen molar-refractivity contribution in [3.63, 3.8) is 0 Å². The first-order valence-electron chi connectivity index (χ1n) is 4.68. The number of hydrazine groups is 1. The van der Waals surface area contributed by atoms with Gasteiger partial charge in [-0.2, -0.15) is 10.5 Å². The van der Waals surface area contributed by atoms with Gasteiger partial charge in [-0.3, -0.25) is 4.90 Å². The number of hydrogen-bond acceptors (Lipinski definition) is 6. The molecule has 1 aromatic rings. The van der Waals surface area contributed by atoms with Crippen molar-refractivity contribution in [2.75, 3.05) is 18.5 Å². The maximum atomic E-state index is 8.60. The van der Waals surface area contributed by atoms with E-state index in [0.717, 1.165) is 5.56 Å². The Bertz CT molecular complexity index is 400. The van der Waals surface area contributed by atoms with Crippen LogP contribution in [0.25, 0.3) is 0 Å². The van der Waals surface area contributed by atoms with Gasteiger partial charge in [0, 0.05) is 12.7 Å². The molecule has 0 spiro atoms. The van der Waals surface area contributed by atoms with Crippen LogP contribution in [0.1, 0.15) is 5.56 Å². The number of nitrogens with one attached hydrogen (secondary N) is 1. The van der Waals surface area contributed by atoms with Crippen molar-refractivity contribution < 1.29 is 0 Å². The highest BCUT2D eigenvalue weighted by molar-refractivity contribution is 5.35. The number of rotatable bonds is 5. The molecule has 0 aliphatic heterocycles. The van der Waals surface area contributed by atoms with Gasteiger partial charge in [0.1, 0.15) is 5.82 Å². The standard InChI is InChI=1S/C10H12N6/c11-2-5-16(6-3-12)8-9-1-4-14-10(7-9)15-13/h1,4,7H,5-6,8,13H2,(H,14,15). The third-order valence-electron chi connectivity index (χ3n) is 1.97. The van der Waals surface area contributed by atoms with E-state index < -0.39 is 0 Å². The van der Waals surface area contributed by atoms with Crippen LogP contribution >= 0.6 is 0 Å². The number of nitriles is 2. The highest BCUT2D eigenvalue weighted by Crippen LogP contribution is 2.08. The van der Waals surface area contributed by atoms with E-state index in [1.807, 2.05) is 18.2 Å². The lowest BCUT2D eigenvalue weighted by molar-refractivity contribution is 0.335. The van der Waals surface area contributed by atoms with Gasteiger partial charge in [0.15, 0.2) is 0 Å². The van der Waals surface area contributed by atoms with Crippen molar-refractivity contribution in [1.82, 2.24) is 9.88 Å². The molecule has 0 aromatic carbocycles. The van der Waals surface area contributed by atoms with Gasteiger partial charge in [-0.25, -0.2) is 10.8 Å². The summed E-state index contributed by atoms with van der Waals surface area (Å²) in [5.74, 6) is 5.80. The molecule has 0 radical (unpaired) electrons. The highest BCUT2D eigenvalue weighted by atomic mass is 15.2. The van der Waals surface area contributed by atoms with E-state index in [9.17, 15) is 0 Å². The van der Waals surface area contributed by atoms with Gasteiger partial charge < -0.3 is 5.43 Å². The molecular formula is C10H12N6. The van der Waals surface area contributed by atoms with E-state index in [4.69, 9.17) is 16.4 Å². The Morgan fingerprint density at radius 2 is 2.06 bits per heavy atom. The minimum atomic E-state index is 0.223. The molecule has 0 amide bonds. The molecule has 0 unspecified atom stereocenters. The van der Waals surface area contributed by atoms with Crippen LogP contribution in [-0.2, 0) is 6.54 Å². The quantitative estimate of drug-likeness (QED) is 0.414. The first-order valence-corrected chi connectivity index (χ1v) is 4.68. The summed E-state index contributed by atoms with van der Waals surface area (Å²) < 4.78 is 0. The van der Waals surface area contributed by atoms with Crippen LogP contribution < -0.4 is 11.3 Å². The fourth-order valence-corrected chi connectivity index (χ4v) is 1.28. The van der Waals surface area contributed by atoms with E-state index in [1.165, 1.54) is 0 Å². The maximum absolute atomic E-state index is 8.60. The molecule has 0 aliphatic rings. The second-order valence-electron chi connectivity index (χ2n) is 3.16. The first kappa shape index (κ1) is 11.9. The molecule has 1 rings (SSSR count). The van der Waals surface area contributed by atoms with Crippen molar-refractivity contribution >= 4 is 5.82 Å². The molecule has 0 saturated carbocycles. The van der Waals surface area contributed by atoms with Crippen molar-refractivity contribution in [3.05, 3.63) is 23.9 Å². The van der Waals surface area contributed by atoms with E-state index in [1.54, 1.807) is 17.2 Å². The highest BCUT2D eigenvalue weighted by Gasteiger charge is 2.05. The topological polar surface area (TPSA) is 102 Å². The third-order valence-corrected chi connectivity index (χ3v) is 1.97. The minimum absolute atomic E-state index is 0.223. The fourth-order valence-electron chi connectivity index (χ4n) is 1.28. The van der Waals surface area contributed by atoms with Gasteiger partial charge in [-0.05, 0) is 17.7 Å². The summed E-state index contributed by atoms with van der Waals surface area (Å²) in [5, 5.41) is 17.2. The van der Waals surface area contributed by atoms with Crippen LogP contribution in [0.4, 0.5) is 5.82 Å². The minimum Gasteiger partial charge on any atom is -0.308 e. The number of pyridine rings is 1. The SMILES string of the molecule is N#CCN(CC#N)Cc1ccnc(NN)c1. The molecule has 3 N–H and O–H groups in total. The van der Waals surface area contributed by atoms with Crippen LogP contribution in [0.15, 0.2) is 18.3 Å². The Hall–Kier alpha value is -2.15. The lowest BCUT2D eigenvalue weighted by Crippen LogP contribution is -2.24. The molecule has 1 aromatic heterocycles. The Morgan fingerprint density at radius 3 is 2.62 bits per heavy atom. The Kier molecular flexibility index (Phi) is 4.74. The number of nitrogens with two attached hydrogens (primary N) is 1. The summed E-state index contributed by atoms with van der Waals surface area (Å²) >= 11 is 0. The zero-order valence-corrected chi connectivity index (χ0v) is 8.72. The summed E-state index contributed by atoms with van der Waals surface area (Å²) in [7, 11) is 0. The lowest BCUT2D eigenvalue weighted by atomic mass is 10.2. The molecule has 16 heavy (non-hydrogen) atoms. The molecule has 6 heteroatoms. The van der Waals surface area contributed by atoms with Crippen molar-refractivity contribution in [1.29, 1.82) is 10.5 Å². The van der Waals surface area contributed by atoms with Gasteiger partial charge in [-0.1, -0.05) is 0 Å². The average Bonchev–Trinajstić information content (AvgIpc) is 2.30. The number of nitrogens with zero attached hydrogens (tertiary/aromatic N) is 4. The molecule has 1 heterocycles. The van der Waals surface area contributed by atoms with E-state index in [2.05, 4.69) is 10.4 Å². The van der Waals surface area contributed by atoms with E-state index in [0.29, 0.717) is 12.4 Å². The summed E-state index contributed by atoms with van der Waals surface area (Å²) in [6.45, 7) is 0.973. The van der Waals surface area contributed by atoms with Gasteiger partial charge in [0.25, 0.3) is 0 Å². The van der Waals surface area contributed by atoms with E-state index >= 15 is 0 Å². The van der Waals surface area contributed by atoms with Crippen LogP contribution in [0, 0.1) is 22.7 Å². The van der Waals surface area contributed by atoms with Gasteiger partial charge >= 0.3 is 0 Å². The zero-order chi connectivity index (χ0) is 11.8. The Morgan fingerprint density at radius 1 is 1.38 bits per heavy atom. The smallest absolute Gasteiger partial charge is 0.140 e. The molecule has 6 nitrogen and oxygen atoms in total. The monoisotopic (exact) mass is 216 g/mol. The van der Waals surface area contributed by atoms with Crippen molar-refractivity contribution in [2.45, 2.75) is 6.54 Å². The predicted molar refractivity (Wildman–Crippen MR) is 58.6 cm³/mol. The summed E-state index contributed by atoms with van der Waals surface area (Å²) in [4.78, 5) is 5.70. The summed E-state index contributed by atoms with van der Waals surface area (Å²) in [5.41, 5.74) is 3.40. The lowest BCUT2D eigenvalue weighted by Gasteiger charge is -2.15.